The van der Waals surface area contributed by atoms with Crippen LogP contribution >= 0.6 is 22.9 Å². The molecule has 0 aliphatic heterocycles. The monoisotopic (exact) mass is 339 g/mol. The van der Waals surface area contributed by atoms with Gasteiger partial charge in [-0.15, -0.1) is 11.3 Å². The second-order valence-electron chi connectivity index (χ2n) is 4.13. The number of halogens is 1. The lowest BCUT2D eigenvalue weighted by Gasteiger charge is -2.04. The summed E-state index contributed by atoms with van der Waals surface area (Å²) in [7, 11) is 0. The minimum Gasteiger partial charge on any atom is -0.461 e. The summed E-state index contributed by atoms with van der Waals surface area (Å²) < 4.78 is 4.94. The number of carbonyl (C=O) groups is 1. The summed E-state index contributed by atoms with van der Waals surface area (Å²) in [5, 5.41) is 6.44. The molecule has 0 aliphatic carbocycles. The first kappa shape index (κ1) is 16.3. The van der Waals surface area contributed by atoms with Gasteiger partial charge in [-0.05, 0) is 24.6 Å². The van der Waals surface area contributed by atoms with Crippen LogP contribution in [0, 0.1) is 0 Å². The van der Waals surface area contributed by atoms with Gasteiger partial charge in [0.2, 0.25) is 5.71 Å². The lowest BCUT2D eigenvalue weighted by Crippen LogP contribution is -2.19. The molecule has 6 nitrogen and oxygen atoms in total. The van der Waals surface area contributed by atoms with E-state index in [1.54, 1.807) is 24.4 Å². The molecule has 0 fully saturated rings. The van der Waals surface area contributed by atoms with Crippen LogP contribution in [0.15, 0.2) is 34.8 Å². The van der Waals surface area contributed by atoms with Gasteiger partial charge < -0.3 is 15.3 Å². The van der Waals surface area contributed by atoms with Crippen molar-refractivity contribution < 1.29 is 14.4 Å². The summed E-state index contributed by atoms with van der Waals surface area (Å²) in [4.78, 5) is 21.2. The molecule has 0 bridgehead atoms. The number of ether oxygens (including phenoxy) is 1. The third-order valence-corrected chi connectivity index (χ3v) is 3.46. The largest absolute Gasteiger partial charge is 0.461 e. The summed E-state index contributed by atoms with van der Waals surface area (Å²) >= 11 is 7.01. The topological polar surface area (TPSA) is 86.8 Å². The Hall–Kier alpha value is -2.12. The molecule has 0 spiro atoms. The van der Waals surface area contributed by atoms with Crippen molar-refractivity contribution >= 4 is 39.8 Å². The Morgan fingerprint density at radius 2 is 2.14 bits per heavy atom. The first-order chi connectivity index (χ1) is 10.6. The van der Waals surface area contributed by atoms with Crippen LogP contribution in [0.4, 0.5) is 5.13 Å². The molecule has 0 aliphatic rings. The van der Waals surface area contributed by atoms with Crippen LogP contribution in [-0.2, 0) is 21.0 Å². The zero-order chi connectivity index (χ0) is 15.9. The molecule has 0 radical (unpaired) electrons. The van der Waals surface area contributed by atoms with E-state index in [1.165, 1.54) is 11.3 Å². The predicted octanol–water partition coefficient (Wildman–Crippen LogP) is 2.86. The number of nitrogens with two attached hydrogens (primary N) is 1. The number of hydrogen-bond donors (Lipinski definition) is 1. The van der Waals surface area contributed by atoms with Crippen LogP contribution in [0.3, 0.4) is 0 Å². The van der Waals surface area contributed by atoms with Crippen molar-refractivity contribution in [3.05, 3.63) is 45.9 Å². The molecule has 0 atom stereocenters. The van der Waals surface area contributed by atoms with Gasteiger partial charge in [-0.3, -0.25) is 0 Å². The van der Waals surface area contributed by atoms with E-state index in [2.05, 4.69) is 10.1 Å². The number of nitrogens with zero attached hydrogens (tertiary/aromatic N) is 2. The number of benzene rings is 1. The van der Waals surface area contributed by atoms with E-state index < -0.39 is 5.97 Å². The van der Waals surface area contributed by atoms with Gasteiger partial charge >= 0.3 is 5.97 Å². The van der Waals surface area contributed by atoms with E-state index in [4.69, 9.17) is 26.9 Å². The fraction of sp³-hybridized carbons (Fsp3) is 0.214. The van der Waals surface area contributed by atoms with Gasteiger partial charge in [-0.2, -0.15) is 0 Å². The predicted molar refractivity (Wildman–Crippen MR) is 85.9 cm³/mol. The minimum absolute atomic E-state index is 0.0104. The minimum atomic E-state index is -0.607. The standard InChI is InChI=1S/C14H14ClN3O3S/c1-2-20-13(19)12(11-8-22-14(16)17-11)18-21-7-9-3-5-10(15)6-4-9/h3-6,8H,2,7H2,1H3,(H2,16,17). The summed E-state index contributed by atoms with van der Waals surface area (Å²) in [5.41, 5.74) is 6.76. The van der Waals surface area contributed by atoms with Crippen molar-refractivity contribution in [1.82, 2.24) is 4.98 Å². The maximum atomic E-state index is 11.9. The van der Waals surface area contributed by atoms with Crippen LogP contribution in [0.25, 0.3) is 0 Å². The van der Waals surface area contributed by atoms with Gasteiger partial charge in [-0.1, -0.05) is 28.9 Å². The van der Waals surface area contributed by atoms with Crippen LogP contribution in [0.2, 0.25) is 5.02 Å². The highest BCUT2D eigenvalue weighted by Gasteiger charge is 2.19. The van der Waals surface area contributed by atoms with Crippen LogP contribution < -0.4 is 5.73 Å². The summed E-state index contributed by atoms with van der Waals surface area (Å²) in [5.74, 6) is -0.607. The first-order valence-corrected chi connectivity index (χ1v) is 7.68. The highest BCUT2D eigenvalue weighted by Crippen LogP contribution is 2.14. The Morgan fingerprint density at radius 1 is 1.41 bits per heavy atom. The zero-order valence-corrected chi connectivity index (χ0v) is 13.4. The molecular weight excluding hydrogens is 326 g/mol. The molecule has 0 saturated heterocycles. The SMILES string of the molecule is CCOC(=O)C(=NOCc1ccc(Cl)cc1)c1csc(N)n1. The molecule has 0 saturated carbocycles. The molecule has 116 valence electrons. The zero-order valence-electron chi connectivity index (χ0n) is 11.8. The normalized spacial score (nSPS) is 11.3. The number of esters is 1. The smallest absolute Gasteiger partial charge is 0.362 e. The molecule has 0 unspecified atom stereocenters. The van der Waals surface area contributed by atoms with Gasteiger partial charge in [0.05, 0.1) is 6.61 Å². The number of rotatable bonds is 6. The van der Waals surface area contributed by atoms with Gasteiger partial charge in [0.25, 0.3) is 0 Å². The molecule has 2 aromatic rings. The highest BCUT2D eigenvalue weighted by atomic mass is 35.5. The van der Waals surface area contributed by atoms with Gasteiger partial charge in [0, 0.05) is 10.4 Å². The van der Waals surface area contributed by atoms with Gasteiger partial charge in [0.1, 0.15) is 12.3 Å². The highest BCUT2D eigenvalue weighted by molar-refractivity contribution is 7.13. The van der Waals surface area contributed by atoms with E-state index in [-0.39, 0.29) is 18.9 Å². The number of anilines is 1. The molecule has 1 aromatic carbocycles. The maximum Gasteiger partial charge on any atom is 0.362 e. The van der Waals surface area contributed by atoms with Crippen molar-refractivity contribution in [2.75, 3.05) is 12.3 Å². The molecule has 0 amide bonds. The number of aromatic nitrogens is 1. The number of thiazole rings is 1. The average molecular weight is 340 g/mol. The second-order valence-corrected chi connectivity index (χ2v) is 5.46. The molecule has 1 heterocycles. The summed E-state index contributed by atoms with van der Waals surface area (Å²) in [6.07, 6.45) is 0. The Labute approximate surface area is 136 Å². The Morgan fingerprint density at radius 3 is 2.73 bits per heavy atom. The van der Waals surface area contributed by atoms with Crippen LogP contribution in [0.5, 0.6) is 0 Å². The Bertz CT molecular complexity index is 670. The van der Waals surface area contributed by atoms with E-state index in [9.17, 15) is 4.79 Å². The van der Waals surface area contributed by atoms with Crippen molar-refractivity contribution in [2.45, 2.75) is 13.5 Å². The first-order valence-electron chi connectivity index (χ1n) is 6.43. The van der Waals surface area contributed by atoms with Crippen molar-refractivity contribution in [3.63, 3.8) is 0 Å². The van der Waals surface area contributed by atoms with Gasteiger partial charge in [-0.25, -0.2) is 9.78 Å². The number of nitrogen functional groups attached to an aromatic ring is 1. The lowest BCUT2D eigenvalue weighted by atomic mass is 10.2. The number of hydrogen-bond acceptors (Lipinski definition) is 7. The molecule has 22 heavy (non-hydrogen) atoms. The fourth-order valence-corrected chi connectivity index (χ4v) is 2.21. The molecular formula is C14H14ClN3O3S. The second kappa shape index (κ2) is 7.77. The summed E-state index contributed by atoms with van der Waals surface area (Å²) in [6, 6.07) is 7.11. The molecule has 8 heteroatoms. The Balaban J connectivity index is 2.10. The van der Waals surface area contributed by atoms with Gasteiger partial charge in [0.15, 0.2) is 5.13 Å². The molecule has 2 rings (SSSR count). The third-order valence-electron chi connectivity index (χ3n) is 2.53. The third kappa shape index (κ3) is 4.44. The van der Waals surface area contributed by atoms with Crippen LogP contribution in [0.1, 0.15) is 18.2 Å². The molecule has 1 aromatic heterocycles. The quantitative estimate of drug-likeness (QED) is 0.496. The van der Waals surface area contributed by atoms with E-state index >= 15 is 0 Å². The number of oxime groups is 1. The Kier molecular flexibility index (Phi) is 5.74. The van der Waals surface area contributed by atoms with E-state index in [1.807, 2.05) is 12.1 Å². The maximum absolute atomic E-state index is 11.9. The van der Waals surface area contributed by atoms with Crippen molar-refractivity contribution in [2.24, 2.45) is 5.16 Å². The van der Waals surface area contributed by atoms with Crippen LogP contribution in [-0.4, -0.2) is 23.3 Å². The summed E-state index contributed by atoms with van der Waals surface area (Å²) in [6.45, 7) is 2.13. The fourth-order valence-electron chi connectivity index (χ4n) is 1.54. The average Bonchev–Trinajstić information content (AvgIpc) is 2.92. The van der Waals surface area contributed by atoms with E-state index in [0.717, 1.165) is 5.56 Å². The van der Waals surface area contributed by atoms with Crippen molar-refractivity contribution in [3.8, 4) is 0 Å². The molecule has 2 N–H and O–H groups in total. The van der Waals surface area contributed by atoms with Crippen molar-refractivity contribution in [1.29, 1.82) is 0 Å². The number of carbonyl (C=O) groups excluding carboxylic acids is 1. The van der Waals surface area contributed by atoms with E-state index in [0.29, 0.717) is 15.8 Å². The lowest BCUT2D eigenvalue weighted by molar-refractivity contribution is -0.135.